The summed E-state index contributed by atoms with van der Waals surface area (Å²) >= 11 is 0. The summed E-state index contributed by atoms with van der Waals surface area (Å²) < 4.78 is 25.6. The lowest BCUT2D eigenvalue weighted by Gasteiger charge is -2.15. The summed E-state index contributed by atoms with van der Waals surface area (Å²) in [5.41, 5.74) is 0.498. The second-order valence-corrected chi connectivity index (χ2v) is 6.60. The molecule has 2 unspecified atom stereocenters. The lowest BCUT2D eigenvalue weighted by Crippen LogP contribution is -2.29. The number of anilines is 1. The number of nitrogens with zero attached hydrogens (tertiary/aromatic N) is 1. The highest BCUT2D eigenvalue weighted by Gasteiger charge is 2.37. The molecule has 1 saturated heterocycles. The molecule has 7 nitrogen and oxygen atoms in total. The minimum absolute atomic E-state index is 0.0490. The highest BCUT2D eigenvalue weighted by molar-refractivity contribution is 7.89. The fourth-order valence-electron chi connectivity index (χ4n) is 1.99. The van der Waals surface area contributed by atoms with Crippen molar-refractivity contribution in [2.45, 2.75) is 24.0 Å². The minimum Gasteiger partial charge on any atom is -0.389 e. The Hall–Kier alpha value is -1.48. The molecule has 1 aromatic carbocycles. The molecule has 2 atom stereocenters. The molecule has 0 aromatic heterocycles. The van der Waals surface area contributed by atoms with E-state index in [1.807, 2.05) is 0 Å². The van der Waals surface area contributed by atoms with Gasteiger partial charge in [-0.1, -0.05) is 0 Å². The first-order valence-electron chi connectivity index (χ1n) is 6.04. The van der Waals surface area contributed by atoms with Gasteiger partial charge < -0.3 is 15.5 Å². The molecule has 20 heavy (non-hydrogen) atoms. The van der Waals surface area contributed by atoms with E-state index >= 15 is 0 Å². The topological polar surface area (TPSA) is 107 Å². The molecule has 0 bridgehead atoms. The van der Waals surface area contributed by atoms with E-state index in [9.17, 15) is 23.4 Å². The molecule has 1 fully saturated rings. The van der Waals surface area contributed by atoms with Crippen LogP contribution in [0.5, 0.6) is 0 Å². The second kappa shape index (κ2) is 5.49. The van der Waals surface area contributed by atoms with Crippen molar-refractivity contribution in [1.82, 2.24) is 4.31 Å². The molecule has 2 rings (SSSR count). The summed E-state index contributed by atoms with van der Waals surface area (Å²) in [4.78, 5) is 10.9. The van der Waals surface area contributed by atoms with Crippen molar-refractivity contribution in [2.75, 3.05) is 18.4 Å². The first-order chi connectivity index (χ1) is 9.30. The number of nitrogens with one attached hydrogen (secondary N) is 1. The highest BCUT2D eigenvalue weighted by atomic mass is 32.2. The maximum absolute atomic E-state index is 12.3. The predicted octanol–water partition coefficient (Wildman–Crippen LogP) is -0.629. The molecule has 1 aromatic rings. The van der Waals surface area contributed by atoms with E-state index < -0.39 is 22.2 Å². The average molecular weight is 300 g/mol. The van der Waals surface area contributed by atoms with Gasteiger partial charge in [-0.25, -0.2) is 8.42 Å². The summed E-state index contributed by atoms with van der Waals surface area (Å²) in [6, 6.07) is 5.71. The Kier molecular flexibility index (Phi) is 4.09. The smallest absolute Gasteiger partial charge is 0.243 e. The molecular formula is C12H16N2O5S. The summed E-state index contributed by atoms with van der Waals surface area (Å²) in [7, 11) is -3.75. The van der Waals surface area contributed by atoms with Crippen LogP contribution in [0.1, 0.15) is 6.92 Å². The van der Waals surface area contributed by atoms with Gasteiger partial charge in [0.2, 0.25) is 15.9 Å². The predicted molar refractivity (Wildman–Crippen MR) is 71.5 cm³/mol. The summed E-state index contributed by atoms with van der Waals surface area (Å²) in [5.74, 6) is -0.244. The summed E-state index contributed by atoms with van der Waals surface area (Å²) in [6.45, 7) is 1.10. The van der Waals surface area contributed by atoms with E-state index in [-0.39, 0.29) is 23.9 Å². The Morgan fingerprint density at radius 2 is 1.70 bits per heavy atom. The van der Waals surface area contributed by atoms with Crippen LogP contribution in [0.2, 0.25) is 0 Å². The van der Waals surface area contributed by atoms with Gasteiger partial charge in [-0.3, -0.25) is 4.79 Å². The van der Waals surface area contributed by atoms with Crippen LogP contribution in [-0.2, 0) is 14.8 Å². The fourth-order valence-corrected chi connectivity index (χ4v) is 3.47. The zero-order valence-corrected chi connectivity index (χ0v) is 11.7. The van der Waals surface area contributed by atoms with Crippen molar-refractivity contribution < 1.29 is 23.4 Å². The van der Waals surface area contributed by atoms with Gasteiger partial charge in [0.25, 0.3) is 0 Å². The van der Waals surface area contributed by atoms with Gasteiger partial charge in [0.05, 0.1) is 17.1 Å². The third-order valence-corrected chi connectivity index (χ3v) is 4.88. The Morgan fingerprint density at radius 3 is 2.15 bits per heavy atom. The van der Waals surface area contributed by atoms with E-state index in [4.69, 9.17) is 0 Å². The van der Waals surface area contributed by atoms with Crippen molar-refractivity contribution >= 4 is 21.6 Å². The number of amides is 1. The number of aliphatic hydroxyl groups excluding tert-OH is 2. The molecular weight excluding hydrogens is 284 g/mol. The van der Waals surface area contributed by atoms with Crippen LogP contribution in [0.15, 0.2) is 29.2 Å². The molecule has 1 aliphatic rings. The number of hydrogen-bond acceptors (Lipinski definition) is 5. The van der Waals surface area contributed by atoms with E-state index in [0.717, 1.165) is 4.31 Å². The van der Waals surface area contributed by atoms with E-state index in [1.165, 1.54) is 31.2 Å². The lowest BCUT2D eigenvalue weighted by molar-refractivity contribution is -0.114. The Balaban J connectivity index is 2.20. The number of carbonyl (C=O) groups is 1. The van der Waals surface area contributed by atoms with Crippen molar-refractivity contribution in [1.29, 1.82) is 0 Å². The molecule has 8 heteroatoms. The van der Waals surface area contributed by atoms with Crippen molar-refractivity contribution in [2.24, 2.45) is 0 Å². The number of sulfonamides is 1. The zero-order valence-electron chi connectivity index (χ0n) is 10.9. The third kappa shape index (κ3) is 2.98. The quantitative estimate of drug-likeness (QED) is 0.689. The van der Waals surface area contributed by atoms with Gasteiger partial charge in [-0.2, -0.15) is 4.31 Å². The first kappa shape index (κ1) is 14.9. The highest BCUT2D eigenvalue weighted by Crippen LogP contribution is 2.22. The molecule has 0 radical (unpaired) electrons. The number of hydrogen-bond donors (Lipinski definition) is 3. The average Bonchev–Trinajstić information content (AvgIpc) is 2.70. The van der Waals surface area contributed by atoms with Crippen LogP contribution >= 0.6 is 0 Å². The van der Waals surface area contributed by atoms with Gasteiger partial charge in [0.1, 0.15) is 0 Å². The number of carbonyl (C=O) groups excluding carboxylic acids is 1. The molecule has 1 aliphatic heterocycles. The van der Waals surface area contributed by atoms with E-state index in [0.29, 0.717) is 5.69 Å². The van der Waals surface area contributed by atoms with Gasteiger partial charge >= 0.3 is 0 Å². The molecule has 0 spiro atoms. The van der Waals surface area contributed by atoms with Gasteiger partial charge in [0.15, 0.2) is 0 Å². The standard InChI is InChI=1S/C12H16N2O5S/c1-8(15)13-9-2-4-10(5-3-9)20(18,19)14-6-11(16)12(17)7-14/h2-5,11-12,16-17H,6-7H2,1H3,(H,13,15). The Morgan fingerprint density at radius 1 is 1.20 bits per heavy atom. The zero-order chi connectivity index (χ0) is 14.9. The van der Waals surface area contributed by atoms with Gasteiger partial charge in [-0.15, -0.1) is 0 Å². The maximum atomic E-state index is 12.3. The molecule has 0 saturated carbocycles. The molecule has 110 valence electrons. The van der Waals surface area contributed by atoms with Crippen LogP contribution in [0.4, 0.5) is 5.69 Å². The SMILES string of the molecule is CC(=O)Nc1ccc(S(=O)(=O)N2CC(O)C(O)C2)cc1. The van der Waals surface area contributed by atoms with Crippen LogP contribution < -0.4 is 5.32 Å². The first-order valence-corrected chi connectivity index (χ1v) is 7.48. The number of rotatable bonds is 3. The molecule has 1 heterocycles. The lowest BCUT2D eigenvalue weighted by atomic mass is 10.3. The van der Waals surface area contributed by atoms with Crippen LogP contribution in [0.25, 0.3) is 0 Å². The summed E-state index contributed by atoms with van der Waals surface area (Å²) in [6.07, 6.45) is -2.13. The van der Waals surface area contributed by atoms with Crippen LogP contribution in [0, 0.1) is 0 Å². The van der Waals surface area contributed by atoms with Crippen molar-refractivity contribution in [3.05, 3.63) is 24.3 Å². The monoisotopic (exact) mass is 300 g/mol. The molecule has 1 amide bonds. The maximum Gasteiger partial charge on any atom is 0.243 e. The Labute approximate surface area is 116 Å². The largest absolute Gasteiger partial charge is 0.389 e. The van der Waals surface area contributed by atoms with E-state index in [1.54, 1.807) is 0 Å². The van der Waals surface area contributed by atoms with Crippen LogP contribution in [0.3, 0.4) is 0 Å². The van der Waals surface area contributed by atoms with Gasteiger partial charge in [0, 0.05) is 25.7 Å². The molecule has 0 aliphatic carbocycles. The minimum atomic E-state index is -3.75. The number of benzene rings is 1. The van der Waals surface area contributed by atoms with Crippen molar-refractivity contribution in [3.63, 3.8) is 0 Å². The second-order valence-electron chi connectivity index (χ2n) is 4.66. The Bertz CT molecular complexity index is 589. The van der Waals surface area contributed by atoms with Gasteiger partial charge in [-0.05, 0) is 24.3 Å². The number of aliphatic hydroxyl groups is 2. The normalized spacial score (nSPS) is 23.8. The summed E-state index contributed by atoms with van der Waals surface area (Å²) in [5, 5.41) is 21.4. The third-order valence-electron chi connectivity index (χ3n) is 3.04. The van der Waals surface area contributed by atoms with E-state index in [2.05, 4.69) is 5.32 Å². The fraction of sp³-hybridized carbons (Fsp3) is 0.417. The molecule has 3 N–H and O–H groups in total. The van der Waals surface area contributed by atoms with Crippen LogP contribution in [-0.4, -0.2) is 54.1 Å². The number of β-amino-alcohol motifs (C(OH)–C–C–N with tert-alkyl or cyclic N) is 2. The van der Waals surface area contributed by atoms with Crippen molar-refractivity contribution in [3.8, 4) is 0 Å².